The topological polar surface area (TPSA) is 83.5 Å². The highest BCUT2D eigenvalue weighted by atomic mass is 32.2. The monoisotopic (exact) mass is 339 g/mol. The fourth-order valence-corrected chi connectivity index (χ4v) is 4.46. The number of aryl methyl sites for hydroxylation is 1. The summed E-state index contributed by atoms with van der Waals surface area (Å²) in [7, 11) is -3.58. The second-order valence-corrected chi connectivity index (χ2v) is 7.93. The molecule has 2 rings (SSSR count). The van der Waals surface area contributed by atoms with E-state index in [-0.39, 0.29) is 0 Å². The Morgan fingerprint density at radius 3 is 2.41 bits per heavy atom. The quantitative estimate of drug-likeness (QED) is 0.847. The second-order valence-electron chi connectivity index (χ2n) is 5.14. The Morgan fingerprint density at radius 2 is 1.91 bits per heavy atom. The summed E-state index contributed by atoms with van der Waals surface area (Å²) >= 11 is 1.17. The van der Waals surface area contributed by atoms with Crippen molar-refractivity contribution in [3.8, 4) is 0 Å². The van der Waals surface area contributed by atoms with Crippen LogP contribution in [0.2, 0.25) is 0 Å². The van der Waals surface area contributed by atoms with Crippen LogP contribution in [0.25, 0.3) is 0 Å². The second kappa shape index (κ2) is 6.50. The van der Waals surface area contributed by atoms with Crippen molar-refractivity contribution in [2.24, 2.45) is 5.92 Å². The molecule has 0 saturated carbocycles. The first-order valence-electron chi connectivity index (χ1n) is 6.68. The van der Waals surface area contributed by atoms with Gasteiger partial charge in [0.15, 0.2) is 0 Å². The van der Waals surface area contributed by atoms with Crippen LogP contribution < -0.4 is 4.72 Å². The van der Waals surface area contributed by atoms with Gasteiger partial charge in [0.2, 0.25) is 0 Å². The Morgan fingerprint density at radius 1 is 1.27 bits per heavy atom. The number of thiophene rings is 1. The summed E-state index contributed by atoms with van der Waals surface area (Å²) in [6, 6.07) is 8.52. The van der Waals surface area contributed by atoms with Gasteiger partial charge in [-0.25, -0.2) is 8.42 Å². The number of anilines is 1. The van der Waals surface area contributed by atoms with Crippen molar-refractivity contribution < 1.29 is 18.3 Å². The number of hydrogen-bond donors (Lipinski definition) is 2. The van der Waals surface area contributed by atoms with E-state index in [2.05, 4.69) is 4.72 Å². The van der Waals surface area contributed by atoms with Crippen molar-refractivity contribution in [1.82, 2.24) is 0 Å². The van der Waals surface area contributed by atoms with Gasteiger partial charge in [-0.1, -0.05) is 19.1 Å². The first-order valence-corrected chi connectivity index (χ1v) is 9.04. The van der Waals surface area contributed by atoms with Gasteiger partial charge in [0.05, 0.1) is 5.92 Å². The number of aliphatic carboxylic acids is 1. The summed E-state index contributed by atoms with van der Waals surface area (Å²) in [5, 5.41) is 10.6. The highest BCUT2D eigenvalue weighted by Crippen LogP contribution is 2.24. The molecule has 1 heterocycles. The lowest BCUT2D eigenvalue weighted by Gasteiger charge is -2.09. The van der Waals surface area contributed by atoms with E-state index in [0.717, 1.165) is 5.56 Å². The molecule has 0 aliphatic carbocycles. The minimum atomic E-state index is -3.58. The van der Waals surface area contributed by atoms with E-state index in [1.54, 1.807) is 49.6 Å². The normalized spacial score (nSPS) is 12.8. The Balaban J connectivity index is 2.12. The van der Waals surface area contributed by atoms with Crippen molar-refractivity contribution in [2.75, 3.05) is 4.72 Å². The average molecular weight is 339 g/mol. The maximum Gasteiger partial charge on any atom is 0.306 e. The zero-order valence-electron chi connectivity index (χ0n) is 12.2. The molecule has 0 fully saturated rings. The van der Waals surface area contributed by atoms with Crippen molar-refractivity contribution in [1.29, 1.82) is 0 Å². The maximum atomic E-state index is 12.3. The molecule has 1 unspecified atom stereocenters. The summed E-state index contributed by atoms with van der Waals surface area (Å²) in [5.74, 6) is -1.32. The maximum absolute atomic E-state index is 12.3. The molecule has 0 spiro atoms. The molecule has 0 amide bonds. The number of hydrogen-bond acceptors (Lipinski definition) is 4. The zero-order valence-corrected chi connectivity index (χ0v) is 13.9. The Kier molecular flexibility index (Phi) is 4.87. The van der Waals surface area contributed by atoms with Crippen molar-refractivity contribution >= 4 is 33.0 Å². The minimum absolute atomic E-state index is 0.302. The molecule has 0 bridgehead atoms. The molecule has 2 N–H and O–H groups in total. The van der Waals surface area contributed by atoms with Crippen LogP contribution in [-0.4, -0.2) is 19.5 Å². The fourth-order valence-electron chi connectivity index (χ4n) is 1.99. The predicted octanol–water partition coefficient (Wildman–Crippen LogP) is 3.12. The molecule has 22 heavy (non-hydrogen) atoms. The number of carbonyl (C=O) groups is 1. The summed E-state index contributed by atoms with van der Waals surface area (Å²) < 4.78 is 27.3. The number of carboxylic acid groups (broad SMARTS) is 1. The third-order valence-corrected chi connectivity index (χ3v) is 6.30. The van der Waals surface area contributed by atoms with Crippen molar-refractivity contribution in [2.45, 2.75) is 24.5 Å². The number of sulfonamides is 1. The van der Waals surface area contributed by atoms with E-state index < -0.39 is 21.9 Å². The molecule has 1 aromatic heterocycles. The highest BCUT2D eigenvalue weighted by Gasteiger charge is 2.18. The zero-order chi connectivity index (χ0) is 16.3. The molecule has 118 valence electrons. The van der Waals surface area contributed by atoms with Crippen LogP contribution in [0.1, 0.15) is 18.1 Å². The first kappa shape index (κ1) is 16.5. The third-order valence-electron chi connectivity index (χ3n) is 3.23. The van der Waals surface area contributed by atoms with E-state index in [1.165, 1.54) is 11.3 Å². The van der Waals surface area contributed by atoms with Crippen LogP contribution in [0, 0.1) is 12.8 Å². The lowest BCUT2D eigenvalue weighted by Crippen LogP contribution is -2.13. The molecule has 2 aromatic rings. The average Bonchev–Trinajstić information content (AvgIpc) is 2.87. The first-order chi connectivity index (χ1) is 10.3. The molecule has 7 heteroatoms. The summed E-state index contributed by atoms with van der Waals surface area (Å²) in [5.41, 5.74) is 2.02. The smallest absolute Gasteiger partial charge is 0.306 e. The van der Waals surface area contributed by atoms with Crippen LogP contribution in [0.15, 0.2) is 39.9 Å². The SMILES string of the molecule is Cc1ccsc1S(=O)(=O)Nc1ccc(CC(C)C(=O)O)cc1. The predicted molar refractivity (Wildman–Crippen MR) is 86.8 cm³/mol. The standard InChI is InChI=1S/C15H17NO4S2/c1-10-7-8-21-15(10)22(19,20)16-13-5-3-12(4-6-13)9-11(2)14(17)18/h3-8,11,16H,9H2,1-2H3,(H,17,18). The van der Waals surface area contributed by atoms with Gasteiger partial charge in [0.1, 0.15) is 4.21 Å². The van der Waals surface area contributed by atoms with Crippen LogP contribution in [0.4, 0.5) is 5.69 Å². The molecule has 0 radical (unpaired) electrons. The van der Waals surface area contributed by atoms with Gasteiger partial charge in [-0.3, -0.25) is 9.52 Å². The lowest BCUT2D eigenvalue weighted by molar-refractivity contribution is -0.141. The fraction of sp³-hybridized carbons (Fsp3) is 0.267. The van der Waals surface area contributed by atoms with E-state index >= 15 is 0 Å². The molecule has 1 aromatic carbocycles. The number of rotatable bonds is 6. The van der Waals surface area contributed by atoms with Gasteiger partial charge < -0.3 is 5.11 Å². The number of carboxylic acids is 1. The van der Waals surface area contributed by atoms with Gasteiger partial charge in [0, 0.05) is 5.69 Å². The Labute approximate surface area is 133 Å². The van der Waals surface area contributed by atoms with E-state index in [4.69, 9.17) is 5.11 Å². The lowest BCUT2D eigenvalue weighted by atomic mass is 10.0. The van der Waals surface area contributed by atoms with E-state index in [9.17, 15) is 13.2 Å². The molecule has 5 nitrogen and oxygen atoms in total. The molecule has 0 aliphatic rings. The van der Waals surface area contributed by atoms with E-state index in [0.29, 0.717) is 21.9 Å². The van der Waals surface area contributed by atoms with Gasteiger partial charge in [-0.05, 0) is 48.1 Å². The van der Waals surface area contributed by atoms with Crippen LogP contribution >= 0.6 is 11.3 Å². The summed E-state index contributed by atoms with van der Waals surface area (Å²) in [6.07, 6.45) is 0.409. The largest absolute Gasteiger partial charge is 0.481 e. The summed E-state index contributed by atoms with van der Waals surface area (Å²) in [4.78, 5) is 10.8. The highest BCUT2D eigenvalue weighted by molar-refractivity contribution is 7.94. The van der Waals surface area contributed by atoms with E-state index in [1.807, 2.05) is 0 Å². The van der Waals surface area contributed by atoms with Gasteiger partial charge in [-0.15, -0.1) is 11.3 Å². The Hall–Kier alpha value is -1.86. The third kappa shape index (κ3) is 3.86. The molecule has 0 aliphatic heterocycles. The number of nitrogens with one attached hydrogen (secondary N) is 1. The molecular weight excluding hydrogens is 322 g/mol. The molecule has 0 saturated heterocycles. The van der Waals surface area contributed by atoms with Gasteiger partial charge >= 0.3 is 5.97 Å². The molecule has 1 atom stereocenters. The summed E-state index contributed by atoms with van der Waals surface area (Å²) in [6.45, 7) is 3.39. The van der Waals surface area contributed by atoms with Crippen LogP contribution in [-0.2, 0) is 21.2 Å². The number of benzene rings is 1. The van der Waals surface area contributed by atoms with Gasteiger partial charge in [0.25, 0.3) is 10.0 Å². The minimum Gasteiger partial charge on any atom is -0.481 e. The van der Waals surface area contributed by atoms with Crippen LogP contribution in [0.5, 0.6) is 0 Å². The van der Waals surface area contributed by atoms with Crippen LogP contribution in [0.3, 0.4) is 0 Å². The Bertz CT molecular complexity index is 763. The van der Waals surface area contributed by atoms with Crippen molar-refractivity contribution in [3.63, 3.8) is 0 Å². The van der Waals surface area contributed by atoms with Gasteiger partial charge in [-0.2, -0.15) is 0 Å². The molecular formula is C15H17NO4S2. The van der Waals surface area contributed by atoms with Crippen molar-refractivity contribution in [3.05, 3.63) is 46.8 Å².